The zero-order valence-corrected chi connectivity index (χ0v) is 29.0. The van der Waals surface area contributed by atoms with Crippen molar-refractivity contribution in [3.8, 4) is 23.0 Å². The van der Waals surface area contributed by atoms with Crippen LogP contribution in [0.25, 0.3) is 6.08 Å². The van der Waals surface area contributed by atoms with E-state index in [0.29, 0.717) is 68.9 Å². The highest BCUT2D eigenvalue weighted by molar-refractivity contribution is 9.10. The van der Waals surface area contributed by atoms with E-state index in [2.05, 4.69) is 15.9 Å². The molecule has 1 aliphatic rings. The summed E-state index contributed by atoms with van der Waals surface area (Å²) in [6.45, 7) is 7.07. The molecule has 9 nitrogen and oxygen atoms in total. The summed E-state index contributed by atoms with van der Waals surface area (Å²) in [5.41, 5.74) is 3.05. The highest BCUT2D eigenvalue weighted by Gasteiger charge is 2.36. The van der Waals surface area contributed by atoms with Crippen LogP contribution in [0.15, 0.2) is 86.2 Å². The van der Waals surface area contributed by atoms with Gasteiger partial charge in [-0.05, 0) is 68.3 Å². The molecule has 0 unspecified atom stereocenters. The Kier molecular flexibility index (Phi) is 10.3. The first-order valence-electron chi connectivity index (χ1n) is 14.8. The van der Waals surface area contributed by atoms with Gasteiger partial charge in [-0.2, -0.15) is 0 Å². The molecule has 1 amide bonds. The Hall–Kier alpha value is -4.35. The predicted molar refractivity (Wildman–Crippen MR) is 183 cm³/mol. The molecule has 0 bridgehead atoms. The maximum atomic E-state index is 14.3. The molecule has 4 aromatic rings. The lowest BCUT2D eigenvalue weighted by Crippen LogP contribution is -2.43. The average molecular weight is 707 g/mol. The molecule has 5 rings (SSSR count). The maximum absolute atomic E-state index is 14.3. The second kappa shape index (κ2) is 14.4. The van der Waals surface area contributed by atoms with Crippen molar-refractivity contribution >= 4 is 39.2 Å². The number of allylic oxidation sites excluding steroid dienone is 1. The van der Waals surface area contributed by atoms with Crippen LogP contribution in [0.4, 0.5) is 0 Å². The largest absolute Gasteiger partial charge is 0.497 e. The van der Waals surface area contributed by atoms with Crippen molar-refractivity contribution in [2.45, 2.75) is 33.4 Å². The van der Waals surface area contributed by atoms with E-state index in [4.69, 9.17) is 23.9 Å². The van der Waals surface area contributed by atoms with Gasteiger partial charge in [-0.15, -0.1) is 0 Å². The highest BCUT2D eigenvalue weighted by Crippen LogP contribution is 2.38. The highest BCUT2D eigenvalue weighted by atomic mass is 79.9. The molecular weight excluding hydrogens is 670 g/mol. The normalized spacial score (nSPS) is 14.4. The fourth-order valence-electron chi connectivity index (χ4n) is 5.43. The molecule has 11 heteroatoms. The monoisotopic (exact) mass is 705 g/mol. The van der Waals surface area contributed by atoms with Crippen LogP contribution in [0, 0.1) is 0 Å². The smallest absolute Gasteiger partial charge is 0.271 e. The molecule has 1 aliphatic heterocycles. The number of aromatic nitrogens is 1. The summed E-state index contributed by atoms with van der Waals surface area (Å²) in [6, 6.07) is 18.1. The molecule has 2 heterocycles. The van der Waals surface area contributed by atoms with E-state index in [0.717, 1.165) is 15.6 Å². The third kappa shape index (κ3) is 6.47. The van der Waals surface area contributed by atoms with Gasteiger partial charge in [-0.1, -0.05) is 57.6 Å². The number of ether oxygens (including phenoxy) is 4. The number of rotatable bonds is 11. The number of amides is 1. The number of methoxy groups -OCH3 is 3. The van der Waals surface area contributed by atoms with Crippen LogP contribution in [-0.4, -0.2) is 49.8 Å². The molecular formula is C35H36BrN3O6S. The standard InChI is InChI=1S/C35H36BrN3O6S/c1-7-38(8-2)34(41)31-21(3)37-35-39(32(31)25-18-24(42-4)14-15-27(25)43-5)33(40)30(46-35)17-23-16-28(44-6)29(19-26(23)36)45-20-22-12-10-9-11-13-22/h9-19,32H,7-8,20H2,1-6H3/b30-17+/t32-/m0/s1. The lowest BCUT2D eigenvalue weighted by molar-refractivity contribution is -0.127. The number of carbonyl (C=O) groups excluding carboxylic acids is 1. The fourth-order valence-corrected chi connectivity index (χ4v) is 6.91. The van der Waals surface area contributed by atoms with Crippen LogP contribution in [0.1, 0.15) is 43.5 Å². The van der Waals surface area contributed by atoms with E-state index < -0.39 is 6.04 Å². The third-order valence-electron chi connectivity index (χ3n) is 7.84. The van der Waals surface area contributed by atoms with Crippen molar-refractivity contribution in [3.05, 3.63) is 113 Å². The molecule has 0 saturated carbocycles. The molecule has 0 spiro atoms. The molecule has 240 valence electrons. The first-order valence-corrected chi connectivity index (χ1v) is 16.4. The summed E-state index contributed by atoms with van der Waals surface area (Å²) in [4.78, 5) is 35.3. The lowest BCUT2D eigenvalue weighted by atomic mass is 9.93. The minimum absolute atomic E-state index is 0.186. The van der Waals surface area contributed by atoms with Gasteiger partial charge in [-0.3, -0.25) is 14.2 Å². The first-order chi connectivity index (χ1) is 22.2. The molecule has 1 atom stereocenters. The van der Waals surface area contributed by atoms with Crippen LogP contribution < -0.4 is 33.8 Å². The van der Waals surface area contributed by atoms with Crippen LogP contribution in [0.2, 0.25) is 0 Å². The van der Waals surface area contributed by atoms with E-state index in [1.165, 1.54) is 11.3 Å². The molecule has 0 saturated heterocycles. The number of nitrogens with zero attached hydrogens (tertiary/aromatic N) is 3. The minimum atomic E-state index is -0.789. The number of halogens is 1. The van der Waals surface area contributed by atoms with Crippen LogP contribution in [0.5, 0.6) is 23.0 Å². The number of thiazole rings is 1. The van der Waals surface area contributed by atoms with Gasteiger partial charge in [0.2, 0.25) is 0 Å². The summed E-state index contributed by atoms with van der Waals surface area (Å²) in [6.07, 6.45) is 1.79. The van der Waals surface area contributed by atoms with E-state index >= 15 is 0 Å². The Morgan fingerprint density at radius 1 is 0.978 bits per heavy atom. The SMILES string of the molecule is CCN(CC)C(=O)C1=C(C)N=c2s/c(=C/c3cc(OC)c(OCc4ccccc4)cc3Br)c(=O)n2[C@H]1c1cc(OC)ccc1OC. The van der Waals surface area contributed by atoms with Gasteiger partial charge >= 0.3 is 0 Å². The first kappa shape index (κ1) is 33.0. The van der Waals surface area contributed by atoms with Crippen LogP contribution in [0.3, 0.4) is 0 Å². The van der Waals surface area contributed by atoms with Crippen molar-refractivity contribution < 1.29 is 23.7 Å². The molecule has 0 fully saturated rings. The summed E-state index contributed by atoms with van der Waals surface area (Å²) >= 11 is 4.91. The molecule has 0 radical (unpaired) electrons. The predicted octanol–water partition coefficient (Wildman–Crippen LogP) is 5.47. The Labute approximate surface area is 280 Å². The Bertz CT molecular complexity index is 1960. The number of carbonyl (C=O) groups is 1. The molecule has 46 heavy (non-hydrogen) atoms. The molecule has 1 aromatic heterocycles. The summed E-state index contributed by atoms with van der Waals surface area (Å²) in [5.74, 6) is 2.01. The quantitative estimate of drug-likeness (QED) is 0.206. The number of benzene rings is 3. The summed E-state index contributed by atoms with van der Waals surface area (Å²) in [5, 5.41) is 0. The lowest BCUT2D eigenvalue weighted by Gasteiger charge is -2.30. The molecule has 0 N–H and O–H groups in total. The van der Waals surface area contributed by atoms with Gasteiger partial charge < -0.3 is 23.8 Å². The second-order valence-electron chi connectivity index (χ2n) is 10.5. The number of likely N-dealkylation sites (N-methyl/N-ethyl adjacent to an activating group) is 1. The van der Waals surface area contributed by atoms with Crippen LogP contribution >= 0.6 is 27.3 Å². The van der Waals surface area contributed by atoms with Crippen molar-refractivity contribution in [1.29, 1.82) is 0 Å². The van der Waals surface area contributed by atoms with Gasteiger partial charge in [-0.25, -0.2) is 4.99 Å². The average Bonchev–Trinajstić information content (AvgIpc) is 3.38. The number of fused-ring (bicyclic) bond motifs is 1. The van der Waals surface area contributed by atoms with Gasteiger partial charge in [0, 0.05) is 23.1 Å². The van der Waals surface area contributed by atoms with Gasteiger partial charge in [0.05, 0.1) is 37.1 Å². The molecule has 0 aliphatic carbocycles. The number of hydrogen-bond acceptors (Lipinski definition) is 8. The van der Waals surface area contributed by atoms with Crippen molar-refractivity contribution in [2.24, 2.45) is 4.99 Å². The van der Waals surface area contributed by atoms with Crippen molar-refractivity contribution in [2.75, 3.05) is 34.4 Å². The summed E-state index contributed by atoms with van der Waals surface area (Å²) in [7, 11) is 4.72. The summed E-state index contributed by atoms with van der Waals surface area (Å²) < 4.78 is 25.8. The Morgan fingerprint density at radius 3 is 2.35 bits per heavy atom. The topological polar surface area (TPSA) is 91.6 Å². The van der Waals surface area contributed by atoms with E-state index in [1.54, 1.807) is 49.0 Å². The van der Waals surface area contributed by atoms with Gasteiger partial charge in [0.1, 0.15) is 24.1 Å². The van der Waals surface area contributed by atoms with Gasteiger partial charge in [0.15, 0.2) is 16.3 Å². The number of hydrogen-bond donors (Lipinski definition) is 0. The maximum Gasteiger partial charge on any atom is 0.271 e. The van der Waals surface area contributed by atoms with Crippen LogP contribution in [-0.2, 0) is 11.4 Å². The van der Waals surface area contributed by atoms with Gasteiger partial charge in [0.25, 0.3) is 11.5 Å². The minimum Gasteiger partial charge on any atom is -0.497 e. The Balaban J connectivity index is 1.66. The van der Waals surface area contributed by atoms with E-state index in [-0.39, 0.29) is 11.5 Å². The Morgan fingerprint density at radius 2 is 1.70 bits per heavy atom. The zero-order valence-electron chi connectivity index (χ0n) is 26.6. The molecule has 3 aromatic carbocycles. The van der Waals surface area contributed by atoms with Crippen molar-refractivity contribution in [3.63, 3.8) is 0 Å². The van der Waals surface area contributed by atoms with E-state index in [9.17, 15) is 9.59 Å². The zero-order chi connectivity index (χ0) is 33.0. The second-order valence-corrected chi connectivity index (χ2v) is 12.3. The third-order valence-corrected chi connectivity index (χ3v) is 9.51. The fraction of sp³-hybridized carbons (Fsp3) is 0.286. The van der Waals surface area contributed by atoms with Crippen molar-refractivity contribution in [1.82, 2.24) is 9.47 Å². The van der Waals surface area contributed by atoms with E-state index in [1.807, 2.05) is 69.3 Å².